The highest BCUT2D eigenvalue weighted by atomic mass is 35.5. The molecule has 0 heterocycles. The van der Waals surface area contributed by atoms with Gasteiger partial charge in [0.2, 0.25) is 0 Å². The quantitative estimate of drug-likeness (QED) is 0.871. The van der Waals surface area contributed by atoms with Gasteiger partial charge in [-0.3, -0.25) is 0 Å². The van der Waals surface area contributed by atoms with Gasteiger partial charge in [-0.05, 0) is 30.3 Å². The van der Waals surface area contributed by atoms with Gasteiger partial charge >= 0.3 is 0 Å². The Morgan fingerprint density at radius 3 is 2.30 bits per heavy atom. The summed E-state index contributed by atoms with van der Waals surface area (Å²) >= 11 is 5.72. The van der Waals surface area contributed by atoms with Crippen molar-refractivity contribution < 1.29 is 17.9 Å². The van der Waals surface area contributed by atoms with Gasteiger partial charge in [0.1, 0.15) is 12.4 Å². The average Bonchev–Trinajstić information content (AvgIpc) is 2.44. The summed E-state index contributed by atoms with van der Waals surface area (Å²) in [6.45, 7) is -0.0797. The first kappa shape index (κ1) is 14.7. The van der Waals surface area contributed by atoms with E-state index in [0.717, 1.165) is 12.1 Å². The van der Waals surface area contributed by atoms with Crippen molar-refractivity contribution in [3.8, 4) is 5.75 Å². The second-order valence-electron chi connectivity index (χ2n) is 4.14. The van der Waals surface area contributed by atoms with Crippen molar-refractivity contribution in [3.05, 3.63) is 64.4 Å². The van der Waals surface area contributed by atoms with E-state index in [1.54, 1.807) is 24.3 Å². The van der Waals surface area contributed by atoms with Crippen molar-refractivity contribution >= 4 is 11.6 Å². The van der Waals surface area contributed by atoms with E-state index in [1.807, 2.05) is 0 Å². The molecular weight excluding hydrogens is 291 g/mol. The molecule has 0 fully saturated rings. The largest absolute Gasteiger partial charge is 0.492 e. The molecule has 2 aromatic rings. The van der Waals surface area contributed by atoms with Crippen LogP contribution in [0.1, 0.15) is 11.6 Å². The predicted molar refractivity (Wildman–Crippen MR) is 70.2 cm³/mol. The Hall–Kier alpha value is -1.72. The van der Waals surface area contributed by atoms with Gasteiger partial charge in [0.25, 0.3) is 0 Å². The minimum absolute atomic E-state index is 0.0797. The summed E-state index contributed by atoms with van der Waals surface area (Å²) in [5.74, 6) is -3.59. The van der Waals surface area contributed by atoms with Gasteiger partial charge in [-0.15, -0.1) is 0 Å². The van der Waals surface area contributed by atoms with Crippen LogP contribution in [0.2, 0.25) is 5.02 Å². The van der Waals surface area contributed by atoms with Crippen molar-refractivity contribution in [2.75, 3.05) is 6.61 Å². The molecular formula is C14H11ClF3NO. The molecule has 0 bridgehead atoms. The van der Waals surface area contributed by atoms with Gasteiger partial charge in [-0.25, -0.2) is 13.2 Å². The Labute approximate surface area is 118 Å². The van der Waals surface area contributed by atoms with Crippen molar-refractivity contribution in [1.29, 1.82) is 0 Å². The van der Waals surface area contributed by atoms with Crippen LogP contribution in [0.3, 0.4) is 0 Å². The molecule has 1 atom stereocenters. The van der Waals surface area contributed by atoms with Crippen molar-refractivity contribution in [1.82, 2.24) is 0 Å². The monoisotopic (exact) mass is 301 g/mol. The summed E-state index contributed by atoms with van der Waals surface area (Å²) < 4.78 is 44.8. The van der Waals surface area contributed by atoms with Crippen molar-refractivity contribution in [3.63, 3.8) is 0 Å². The minimum atomic E-state index is -1.54. The lowest BCUT2D eigenvalue weighted by molar-refractivity contribution is 0.286. The van der Waals surface area contributed by atoms with E-state index in [4.69, 9.17) is 22.1 Å². The Balaban J connectivity index is 2.07. The maximum absolute atomic E-state index is 13.5. The molecule has 0 amide bonds. The topological polar surface area (TPSA) is 35.2 Å². The summed E-state index contributed by atoms with van der Waals surface area (Å²) in [7, 11) is 0. The zero-order valence-electron chi connectivity index (χ0n) is 10.2. The second-order valence-corrected chi connectivity index (χ2v) is 4.57. The molecule has 0 saturated heterocycles. The van der Waals surface area contributed by atoms with E-state index >= 15 is 0 Å². The molecule has 2 rings (SSSR count). The van der Waals surface area contributed by atoms with E-state index in [-0.39, 0.29) is 12.2 Å². The number of halogens is 4. The van der Waals surface area contributed by atoms with Crippen LogP contribution in [0.15, 0.2) is 36.4 Å². The number of benzene rings is 2. The number of hydrogen-bond donors (Lipinski definition) is 1. The first-order valence-corrected chi connectivity index (χ1v) is 6.14. The molecule has 106 valence electrons. The molecule has 0 saturated carbocycles. The lowest BCUT2D eigenvalue weighted by Gasteiger charge is -2.14. The maximum Gasteiger partial charge on any atom is 0.194 e. The Kier molecular flexibility index (Phi) is 4.52. The van der Waals surface area contributed by atoms with Crippen LogP contribution in [0.4, 0.5) is 13.2 Å². The molecule has 6 heteroatoms. The first-order valence-electron chi connectivity index (χ1n) is 5.76. The van der Waals surface area contributed by atoms with E-state index in [2.05, 4.69) is 0 Å². The zero-order valence-corrected chi connectivity index (χ0v) is 11.0. The summed E-state index contributed by atoms with van der Waals surface area (Å²) in [6, 6.07) is 7.51. The lowest BCUT2D eigenvalue weighted by Crippen LogP contribution is -2.21. The van der Waals surface area contributed by atoms with Crippen molar-refractivity contribution in [2.24, 2.45) is 5.73 Å². The molecule has 2 N–H and O–H groups in total. The summed E-state index contributed by atoms with van der Waals surface area (Å²) in [4.78, 5) is 0. The lowest BCUT2D eigenvalue weighted by atomic mass is 10.1. The standard InChI is InChI=1S/C14H11ClF3NO/c15-8-1-3-9(4-2-8)20-7-12(19)10-5-6-11(16)14(18)13(10)17/h1-6,12H,7,19H2. The molecule has 20 heavy (non-hydrogen) atoms. The van der Waals surface area contributed by atoms with Gasteiger partial charge in [0.15, 0.2) is 17.5 Å². The molecule has 0 aliphatic heterocycles. The molecule has 0 radical (unpaired) electrons. The number of ether oxygens (including phenoxy) is 1. The highest BCUT2D eigenvalue weighted by Crippen LogP contribution is 2.22. The van der Waals surface area contributed by atoms with E-state index in [0.29, 0.717) is 10.8 Å². The van der Waals surface area contributed by atoms with Gasteiger partial charge in [0.05, 0.1) is 6.04 Å². The first-order chi connectivity index (χ1) is 9.49. The highest BCUT2D eigenvalue weighted by Gasteiger charge is 2.18. The number of hydrogen-bond acceptors (Lipinski definition) is 2. The molecule has 2 aromatic carbocycles. The van der Waals surface area contributed by atoms with E-state index < -0.39 is 23.5 Å². The van der Waals surface area contributed by atoms with Crippen LogP contribution < -0.4 is 10.5 Å². The van der Waals surface area contributed by atoms with Gasteiger partial charge < -0.3 is 10.5 Å². The van der Waals surface area contributed by atoms with Crippen molar-refractivity contribution in [2.45, 2.75) is 6.04 Å². The van der Waals surface area contributed by atoms with Crippen LogP contribution in [-0.2, 0) is 0 Å². The average molecular weight is 302 g/mol. The molecule has 0 aromatic heterocycles. The van der Waals surface area contributed by atoms with Gasteiger partial charge in [-0.2, -0.15) is 0 Å². The van der Waals surface area contributed by atoms with E-state index in [1.165, 1.54) is 0 Å². The Morgan fingerprint density at radius 2 is 1.65 bits per heavy atom. The molecule has 0 aliphatic carbocycles. The third-order valence-electron chi connectivity index (χ3n) is 2.71. The summed E-state index contributed by atoms with van der Waals surface area (Å²) in [6.07, 6.45) is 0. The van der Waals surface area contributed by atoms with Crippen LogP contribution in [0, 0.1) is 17.5 Å². The van der Waals surface area contributed by atoms with Crippen LogP contribution in [0.5, 0.6) is 5.75 Å². The summed E-state index contributed by atoms with van der Waals surface area (Å²) in [5, 5.41) is 0.549. The van der Waals surface area contributed by atoms with E-state index in [9.17, 15) is 13.2 Å². The normalized spacial score (nSPS) is 12.2. The number of nitrogens with two attached hydrogens (primary N) is 1. The van der Waals surface area contributed by atoms with Crippen LogP contribution >= 0.6 is 11.6 Å². The van der Waals surface area contributed by atoms with Gasteiger partial charge in [-0.1, -0.05) is 17.7 Å². The zero-order chi connectivity index (χ0) is 14.7. The van der Waals surface area contributed by atoms with Crippen LogP contribution in [-0.4, -0.2) is 6.61 Å². The Morgan fingerprint density at radius 1 is 1.00 bits per heavy atom. The SMILES string of the molecule is NC(COc1ccc(Cl)cc1)c1ccc(F)c(F)c1F. The fraction of sp³-hybridized carbons (Fsp3) is 0.143. The molecule has 0 aliphatic rings. The Bertz CT molecular complexity index is 604. The third-order valence-corrected chi connectivity index (χ3v) is 2.96. The smallest absolute Gasteiger partial charge is 0.194 e. The molecule has 0 spiro atoms. The fourth-order valence-electron chi connectivity index (χ4n) is 1.63. The van der Waals surface area contributed by atoms with Gasteiger partial charge in [0, 0.05) is 10.6 Å². The molecule has 1 unspecified atom stereocenters. The fourth-order valence-corrected chi connectivity index (χ4v) is 1.76. The molecule has 2 nitrogen and oxygen atoms in total. The maximum atomic E-state index is 13.5. The predicted octanol–water partition coefficient (Wildman–Crippen LogP) is 3.84. The second kappa shape index (κ2) is 6.15. The minimum Gasteiger partial charge on any atom is -0.492 e. The highest BCUT2D eigenvalue weighted by molar-refractivity contribution is 6.30. The van der Waals surface area contributed by atoms with Crippen LogP contribution in [0.25, 0.3) is 0 Å². The third kappa shape index (κ3) is 3.23. The number of rotatable bonds is 4. The summed E-state index contributed by atoms with van der Waals surface area (Å²) in [5.41, 5.74) is 5.57.